The van der Waals surface area contributed by atoms with Crippen molar-refractivity contribution >= 4 is 17.8 Å². The molecule has 39 heavy (non-hydrogen) atoms. The number of aliphatic hydroxyl groups is 4. The van der Waals surface area contributed by atoms with E-state index in [1.807, 2.05) is 0 Å². The van der Waals surface area contributed by atoms with Crippen molar-refractivity contribution in [3.63, 3.8) is 0 Å². The lowest BCUT2D eigenvalue weighted by Crippen LogP contribution is -2.69. The molecule has 1 aromatic heterocycles. The Kier molecular flexibility index (Phi) is 16.4. The van der Waals surface area contributed by atoms with Crippen molar-refractivity contribution in [1.82, 2.24) is 15.0 Å². The summed E-state index contributed by atoms with van der Waals surface area (Å²) in [6, 6.07) is 0. The van der Waals surface area contributed by atoms with E-state index in [0.29, 0.717) is 0 Å². The van der Waals surface area contributed by atoms with Crippen molar-refractivity contribution < 1.29 is 58.9 Å². The minimum Gasteiger partial charge on any atom is -0.376 e. The molecule has 0 fully saturated rings. The van der Waals surface area contributed by atoms with Crippen LogP contribution in [-0.4, -0.2) is 114 Å². The second kappa shape index (κ2) is 18.3. The van der Waals surface area contributed by atoms with Crippen molar-refractivity contribution in [3.05, 3.63) is 0 Å². The Labute approximate surface area is 227 Å². The molecule has 0 aromatic carbocycles. The molecule has 0 saturated carbocycles. The minimum absolute atomic E-state index is 0.0177. The molecular formula is C21H42N6O12. The lowest BCUT2D eigenvalue weighted by molar-refractivity contribution is -0.560. The fraction of sp³-hybridized carbons (Fsp3) is 0.857. The highest BCUT2D eigenvalue weighted by atomic mass is 17.3. The van der Waals surface area contributed by atoms with Gasteiger partial charge >= 0.3 is 12.2 Å². The molecule has 0 atom stereocenters. The number of rotatable bonds is 23. The van der Waals surface area contributed by atoms with E-state index in [-0.39, 0.29) is 51.5 Å². The maximum Gasteiger partial charge on any atom is 0.412 e. The Bertz CT molecular complexity index is 720. The van der Waals surface area contributed by atoms with Gasteiger partial charge in [-0.05, 0) is 41.5 Å². The maximum absolute atomic E-state index is 9.79. The molecule has 18 nitrogen and oxygen atoms in total. The summed E-state index contributed by atoms with van der Waals surface area (Å²) in [6.45, 7) is 7.08. The highest BCUT2D eigenvalue weighted by Gasteiger charge is 2.60. The summed E-state index contributed by atoms with van der Waals surface area (Å²) in [7, 11) is 0. The molecule has 0 saturated heterocycles. The van der Waals surface area contributed by atoms with Gasteiger partial charge in [0.15, 0.2) is 0 Å². The first-order valence-electron chi connectivity index (χ1n) is 12.5. The molecule has 0 aliphatic carbocycles. The predicted octanol–water partition coefficient (Wildman–Crippen LogP) is -0.605. The Morgan fingerprint density at radius 2 is 0.821 bits per heavy atom. The van der Waals surface area contributed by atoms with E-state index in [1.54, 1.807) is 41.5 Å². The van der Waals surface area contributed by atoms with Crippen molar-refractivity contribution in [3.8, 4) is 0 Å². The first-order valence-corrected chi connectivity index (χ1v) is 12.5. The van der Waals surface area contributed by atoms with Gasteiger partial charge in [-0.15, -0.1) is 9.78 Å². The summed E-state index contributed by atoms with van der Waals surface area (Å²) in [4.78, 5) is 37.4. The van der Waals surface area contributed by atoms with Crippen LogP contribution >= 0.6 is 0 Å². The van der Waals surface area contributed by atoms with E-state index in [1.165, 1.54) is 0 Å². The molecule has 1 aromatic rings. The topological polar surface area (TPSA) is 203 Å². The first-order chi connectivity index (χ1) is 18.9. The summed E-state index contributed by atoms with van der Waals surface area (Å²) >= 11 is 0. The third kappa shape index (κ3) is 8.96. The summed E-state index contributed by atoms with van der Waals surface area (Å²) in [5.41, 5.74) is 0. The van der Waals surface area contributed by atoms with Crippen molar-refractivity contribution in [2.24, 2.45) is 0 Å². The second-order valence-electron chi connectivity index (χ2n) is 6.98. The highest BCUT2D eigenvalue weighted by molar-refractivity contribution is 5.47. The van der Waals surface area contributed by atoms with Gasteiger partial charge in [0.1, 0.15) is 26.9 Å². The average molecular weight is 571 g/mol. The number of anilines is 3. The smallest absolute Gasteiger partial charge is 0.376 e. The highest BCUT2D eigenvalue weighted by Crippen LogP contribution is 2.38. The zero-order chi connectivity index (χ0) is 29.3. The third-order valence-electron chi connectivity index (χ3n) is 4.47. The van der Waals surface area contributed by atoms with Crippen LogP contribution in [0.2, 0.25) is 0 Å². The molecule has 0 aliphatic heterocycles. The van der Waals surface area contributed by atoms with Crippen LogP contribution in [0.25, 0.3) is 0 Å². The summed E-state index contributed by atoms with van der Waals surface area (Å²) in [5, 5.41) is 39.2. The van der Waals surface area contributed by atoms with Crippen molar-refractivity contribution in [2.45, 2.75) is 53.7 Å². The molecule has 0 spiro atoms. The number of nitrogens with zero attached hydrogens (tertiary/aromatic N) is 6. The van der Waals surface area contributed by atoms with Crippen LogP contribution in [0.4, 0.5) is 17.8 Å². The van der Waals surface area contributed by atoms with Crippen LogP contribution in [0.5, 0.6) is 0 Å². The van der Waals surface area contributed by atoms with Crippen LogP contribution in [0, 0.1) is 0 Å². The Morgan fingerprint density at radius 3 is 1.08 bits per heavy atom. The van der Waals surface area contributed by atoms with Gasteiger partial charge in [-0.2, -0.15) is 19.9 Å². The van der Waals surface area contributed by atoms with E-state index in [9.17, 15) is 20.4 Å². The molecule has 0 bridgehead atoms. The van der Waals surface area contributed by atoms with E-state index in [2.05, 4.69) is 15.0 Å². The largest absolute Gasteiger partial charge is 0.412 e. The van der Waals surface area contributed by atoms with Gasteiger partial charge in [-0.25, -0.2) is 9.78 Å². The Hall–Kier alpha value is -2.07. The zero-order valence-electron chi connectivity index (χ0n) is 23.3. The molecule has 4 N–H and O–H groups in total. The van der Waals surface area contributed by atoms with Crippen LogP contribution in [0.3, 0.4) is 0 Å². The van der Waals surface area contributed by atoms with Gasteiger partial charge < -0.3 is 39.4 Å². The number of aromatic nitrogens is 3. The van der Waals surface area contributed by atoms with E-state index in [0.717, 1.165) is 14.7 Å². The lowest BCUT2D eigenvalue weighted by Gasteiger charge is -2.47. The zero-order valence-corrected chi connectivity index (χ0v) is 23.3. The normalized spacial score (nSPS) is 12.2. The summed E-state index contributed by atoms with van der Waals surface area (Å²) < 4.78 is 23.6. The fourth-order valence-electron chi connectivity index (χ4n) is 2.99. The van der Waals surface area contributed by atoms with Crippen molar-refractivity contribution in [1.29, 1.82) is 0 Å². The summed E-state index contributed by atoms with van der Waals surface area (Å²) in [5.74, 6) is -1.01. The van der Waals surface area contributed by atoms with E-state index in [4.69, 9.17) is 38.5 Å². The molecule has 1 heterocycles. The van der Waals surface area contributed by atoms with Gasteiger partial charge in [-0.1, -0.05) is 0 Å². The number of hydrogen-bond donors (Lipinski definition) is 4. The van der Waals surface area contributed by atoms with Crippen LogP contribution in [-0.2, 0) is 38.5 Å². The molecular weight excluding hydrogens is 528 g/mol. The summed E-state index contributed by atoms with van der Waals surface area (Å²) in [6.07, 6.45) is -4.74. The van der Waals surface area contributed by atoms with Gasteiger partial charge in [0.25, 0.3) is 0 Å². The molecule has 0 radical (unpaired) electrons. The molecule has 18 heteroatoms. The molecule has 1 rings (SSSR count). The Morgan fingerprint density at radius 1 is 0.513 bits per heavy atom. The van der Waals surface area contributed by atoms with Gasteiger partial charge in [-0.3, -0.25) is 9.80 Å². The van der Waals surface area contributed by atoms with Gasteiger partial charge in [0.05, 0.1) is 39.6 Å². The third-order valence-corrected chi connectivity index (χ3v) is 4.47. The number of hydrogen-bond acceptors (Lipinski definition) is 18. The lowest BCUT2D eigenvalue weighted by atomic mass is 10.5. The Balaban J connectivity index is 4.23. The van der Waals surface area contributed by atoms with Crippen molar-refractivity contribution in [2.75, 3.05) is 81.3 Å². The fourth-order valence-corrected chi connectivity index (χ4v) is 2.99. The number of aliphatic hydroxyl groups excluding tert-OH is 4. The van der Waals surface area contributed by atoms with E-state index >= 15 is 0 Å². The molecule has 228 valence electrons. The van der Waals surface area contributed by atoms with Gasteiger partial charge in [0, 0.05) is 0 Å². The monoisotopic (exact) mass is 570 g/mol. The molecule has 0 amide bonds. The van der Waals surface area contributed by atoms with Crippen LogP contribution in [0.15, 0.2) is 0 Å². The quantitative estimate of drug-likeness (QED) is 0.0736. The molecule has 0 aliphatic rings. The van der Waals surface area contributed by atoms with Crippen LogP contribution < -0.4 is 14.7 Å². The standard InChI is InChI=1S/C21H42N6O12/c1-7-32-20(33-8-2,38-36-11-5)27(21(34-9-3,35-10-4)39-37-12-6)19-23-17(25(13-28)14-29)22-18(24-19)26(15-30)16-31/h28-31H,7-16H2,1-6H3. The molecule has 0 unspecified atom stereocenters. The maximum atomic E-state index is 9.79. The van der Waals surface area contributed by atoms with Crippen LogP contribution in [0.1, 0.15) is 41.5 Å². The first kappa shape index (κ1) is 35.0. The average Bonchev–Trinajstić information content (AvgIpc) is 2.93. The van der Waals surface area contributed by atoms with Gasteiger partial charge in [0.2, 0.25) is 17.8 Å². The second-order valence-corrected chi connectivity index (χ2v) is 6.98. The number of ether oxygens (including phenoxy) is 4. The van der Waals surface area contributed by atoms with E-state index < -0.39 is 45.1 Å². The SMILES string of the molecule is CCOOC(OCC)(OCC)N(c1nc(N(CO)CO)nc(N(CO)CO)n1)C(OCC)(OCC)OOCC. The minimum atomic E-state index is -2.37. The predicted molar refractivity (Wildman–Crippen MR) is 133 cm³/mol.